The number of rotatable bonds is 6. The summed E-state index contributed by atoms with van der Waals surface area (Å²) in [6.07, 6.45) is 1.36. The number of nitrogens with zero attached hydrogens (tertiary/aromatic N) is 7. The molecule has 1 N–H and O–H groups in total. The average Bonchev–Trinajstić information content (AvgIpc) is 3.31. The number of hydrogen-bond acceptors (Lipinski definition) is 9. The van der Waals surface area contributed by atoms with E-state index in [0.29, 0.717) is 0 Å². The van der Waals surface area contributed by atoms with Crippen LogP contribution in [0.2, 0.25) is 0 Å². The predicted octanol–water partition coefficient (Wildman–Crippen LogP) is 0.267. The van der Waals surface area contributed by atoms with Crippen molar-refractivity contribution in [1.82, 2.24) is 40.6 Å². The Bertz CT molecular complexity index is 970. The van der Waals surface area contributed by atoms with Gasteiger partial charge in [0.15, 0.2) is 4.34 Å². The van der Waals surface area contributed by atoms with Crippen LogP contribution in [0.15, 0.2) is 21.9 Å². The zero-order chi connectivity index (χ0) is 19.8. The summed E-state index contributed by atoms with van der Waals surface area (Å²) in [5.41, 5.74) is 2.15. The molecule has 0 bridgehead atoms. The van der Waals surface area contributed by atoms with E-state index >= 15 is 0 Å². The zero-order valence-corrected chi connectivity index (χ0v) is 17.7. The molecule has 10 nitrogen and oxygen atoms in total. The highest BCUT2D eigenvalue weighted by Gasteiger charge is 2.52. The summed E-state index contributed by atoms with van der Waals surface area (Å²) in [5, 5.41) is 22.5. The van der Waals surface area contributed by atoms with Gasteiger partial charge in [-0.05, 0) is 29.8 Å². The molecule has 0 saturated carbocycles. The maximum Gasteiger partial charge on any atom is 0.253 e. The maximum atomic E-state index is 12.7. The molecule has 0 spiro atoms. The monoisotopic (exact) mass is 438 g/mol. The minimum atomic E-state index is -0.542. The van der Waals surface area contributed by atoms with Crippen LogP contribution in [0.5, 0.6) is 0 Å². The van der Waals surface area contributed by atoms with E-state index in [1.165, 1.54) is 16.6 Å². The Balaban J connectivity index is 1.41. The number of nitrogens with one attached hydrogen (secondary N) is 1. The van der Waals surface area contributed by atoms with Crippen LogP contribution >= 0.6 is 33.6 Å². The Morgan fingerprint density at radius 3 is 2.96 bits per heavy atom. The highest BCUT2D eigenvalue weighted by Crippen LogP contribution is 2.44. The van der Waals surface area contributed by atoms with Gasteiger partial charge in [-0.25, -0.2) is 4.68 Å². The minimum Gasteiger partial charge on any atom is -0.340 e. The number of thioether (sulfide) groups is 1. The molecule has 2 aromatic heterocycles. The number of carbonyl (C=O) groups is 2. The normalized spacial score (nSPS) is 24.1. The number of allylic oxidation sites excluding steroid dienone is 1. The van der Waals surface area contributed by atoms with Crippen molar-refractivity contribution in [3.8, 4) is 0 Å². The molecule has 28 heavy (non-hydrogen) atoms. The Labute approximate surface area is 171 Å². The Morgan fingerprint density at radius 2 is 2.29 bits per heavy atom. The van der Waals surface area contributed by atoms with Crippen molar-refractivity contribution in [2.45, 2.75) is 36.1 Å². The van der Waals surface area contributed by atoms with E-state index in [-0.39, 0.29) is 34.2 Å². The third-order valence-corrected chi connectivity index (χ3v) is 8.45. The van der Waals surface area contributed by atoms with E-state index in [0.717, 1.165) is 26.6 Å². The molecule has 2 aliphatic rings. The third kappa shape index (κ3) is 3.61. The molecule has 4 heterocycles. The Kier molecular flexibility index (Phi) is 5.29. The van der Waals surface area contributed by atoms with Gasteiger partial charge in [0.1, 0.15) is 29.3 Å². The van der Waals surface area contributed by atoms with Gasteiger partial charge in [-0.2, -0.15) is 10.5 Å². The van der Waals surface area contributed by atoms with Gasteiger partial charge in [0, 0.05) is 17.2 Å². The van der Waals surface area contributed by atoms with Gasteiger partial charge >= 0.3 is 0 Å². The number of β-lactam (4-membered cyclic amide) rings is 1. The van der Waals surface area contributed by atoms with Crippen molar-refractivity contribution < 1.29 is 9.59 Å². The summed E-state index contributed by atoms with van der Waals surface area (Å²) in [7, 11) is -0.298. The first-order valence-corrected chi connectivity index (χ1v) is 11.8. The first kappa shape index (κ1) is 19.2. The van der Waals surface area contributed by atoms with Crippen LogP contribution in [0.25, 0.3) is 0 Å². The molecule has 1 fully saturated rings. The molecular weight excluding hydrogens is 420 g/mol. The second-order valence-corrected chi connectivity index (χ2v) is 10.6. The molecule has 148 valence electrons. The van der Waals surface area contributed by atoms with Gasteiger partial charge in [0.25, 0.3) is 5.91 Å². The van der Waals surface area contributed by atoms with Crippen LogP contribution in [0.3, 0.4) is 0 Å². The molecule has 2 amide bonds. The topological polar surface area (TPSA) is 119 Å². The summed E-state index contributed by atoms with van der Waals surface area (Å²) in [4.78, 5) is 26.7. The van der Waals surface area contributed by atoms with E-state index in [1.54, 1.807) is 28.0 Å². The second-order valence-electron chi connectivity index (χ2n) is 6.40. The van der Waals surface area contributed by atoms with E-state index in [9.17, 15) is 9.59 Å². The first-order chi connectivity index (χ1) is 13.4. The Morgan fingerprint density at radius 1 is 1.46 bits per heavy atom. The molecule has 0 aliphatic carbocycles. The second kappa shape index (κ2) is 7.72. The number of carbonyl (C=O) groups excluding carboxylic acids is 2. The van der Waals surface area contributed by atoms with Crippen LogP contribution in [0, 0.1) is 6.92 Å². The van der Waals surface area contributed by atoms with Crippen molar-refractivity contribution in [3.05, 3.63) is 22.6 Å². The maximum absolute atomic E-state index is 12.7. The highest BCUT2D eigenvalue weighted by atomic mass is 32.2. The number of tetrazole rings is 1. The van der Waals surface area contributed by atoms with Crippen LogP contribution in [-0.4, -0.2) is 75.9 Å². The first-order valence-electron chi connectivity index (χ1n) is 8.38. The van der Waals surface area contributed by atoms with Crippen molar-refractivity contribution >= 4 is 51.3 Å². The van der Waals surface area contributed by atoms with E-state index < -0.39 is 6.04 Å². The fraction of sp³-hybridized carbons (Fsp3) is 0.467. The van der Waals surface area contributed by atoms with Gasteiger partial charge in [-0.1, -0.05) is 29.0 Å². The van der Waals surface area contributed by atoms with E-state index in [2.05, 4.69) is 36.9 Å². The standard InChI is InChI=1S/C15H18N8O2S3/c1-8-10(5-26-15-19-18-9(2)27-15)6-28(3)14-12(13(25)23(8)14)17-11(24)4-22-7-16-20-21-22/h7,12,14H,3-6H2,1-2H3,(H,17,24). The van der Waals surface area contributed by atoms with Crippen molar-refractivity contribution in [2.24, 2.45) is 0 Å². The zero-order valence-electron chi connectivity index (χ0n) is 15.2. The quantitative estimate of drug-likeness (QED) is 0.388. The SMILES string of the molecule is C=S1CC(CSc2nnc(C)s2)=C(C)N2C(=O)C(NC(=O)Cn3cnnn3)C21. The van der Waals surface area contributed by atoms with E-state index in [4.69, 9.17) is 0 Å². The Hall–Kier alpha value is -2.12. The number of amides is 2. The third-order valence-electron chi connectivity index (χ3n) is 4.51. The van der Waals surface area contributed by atoms with Crippen molar-refractivity contribution in [2.75, 3.05) is 11.5 Å². The molecule has 13 heteroatoms. The number of hydrogen-bond donors (Lipinski definition) is 1. The van der Waals surface area contributed by atoms with Crippen LogP contribution in [0.4, 0.5) is 0 Å². The molecule has 0 radical (unpaired) electrons. The molecule has 0 aromatic carbocycles. The minimum absolute atomic E-state index is 0.0214. The summed E-state index contributed by atoms with van der Waals surface area (Å²) < 4.78 is 2.24. The number of aryl methyl sites for hydroxylation is 1. The van der Waals surface area contributed by atoms with Crippen LogP contribution in [0.1, 0.15) is 11.9 Å². The van der Waals surface area contributed by atoms with Gasteiger partial charge in [0.05, 0.1) is 0 Å². The molecule has 3 unspecified atom stereocenters. The fourth-order valence-electron chi connectivity index (χ4n) is 3.13. The number of aromatic nitrogens is 6. The summed E-state index contributed by atoms with van der Waals surface area (Å²) in [6, 6.07) is -0.542. The summed E-state index contributed by atoms with van der Waals surface area (Å²) in [6.45, 7) is 3.87. The van der Waals surface area contributed by atoms with Crippen molar-refractivity contribution in [3.63, 3.8) is 0 Å². The molecule has 4 rings (SSSR count). The van der Waals surface area contributed by atoms with Gasteiger partial charge < -0.3 is 5.32 Å². The molecule has 2 aliphatic heterocycles. The average molecular weight is 439 g/mol. The molecule has 1 saturated heterocycles. The lowest BCUT2D eigenvalue weighted by atomic mass is 10.0. The number of fused-ring (bicyclic) bond motifs is 1. The smallest absolute Gasteiger partial charge is 0.253 e. The molecule has 3 atom stereocenters. The predicted molar refractivity (Wildman–Crippen MR) is 108 cm³/mol. The summed E-state index contributed by atoms with van der Waals surface area (Å²) in [5.74, 6) is 5.44. The summed E-state index contributed by atoms with van der Waals surface area (Å²) >= 11 is 3.19. The van der Waals surface area contributed by atoms with Crippen LogP contribution in [-0.2, 0) is 16.1 Å². The van der Waals surface area contributed by atoms with E-state index in [1.807, 2.05) is 13.8 Å². The van der Waals surface area contributed by atoms with Gasteiger partial charge in [-0.3, -0.25) is 14.5 Å². The molecular formula is C15H18N8O2S3. The fourth-order valence-corrected chi connectivity index (χ4v) is 7.21. The largest absolute Gasteiger partial charge is 0.340 e. The lowest BCUT2D eigenvalue weighted by Gasteiger charge is -2.52. The lowest BCUT2D eigenvalue weighted by Crippen LogP contribution is -2.70. The van der Waals surface area contributed by atoms with Crippen molar-refractivity contribution in [1.29, 1.82) is 0 Å². The molecule has 2 aromatic rings. The van der Waals surface area contributed by atoms with Gasteiger partial charge in [0.2, 0.25) is 5.91 Å². The van der Waals surface area contributed by atoms with Gasteiger partial charge in [-0.15, -0.1) is 15.3 Å². The highest BCUT2D eigenvalue weighted by molar-refractivity contribution is 8.15. The lowest BCUT2D eigenvalue weighted by molar-refractivity contribution is -0.146. The van der Waals surface area contributed by atoms with Crippen LogP contribution < -0.4 is 5.32 Å².